The molecule has 0 bridgehead atoms. The van der Waals surface area contributed by atoms with Crippen LogP contribution in [-0.2, 0) is 14.3 Å². The fraction of sp³-hybridized carbons (Fsp3) is 0.375. The van der Waals surface area contributed by atoms with Crippen molar-refractivity contribution in [1.29, 1.82) is 10.5 Å². The third-order valence-electron chi connectivity index (χ3n) is 3.10. The third-order valence-corrected chi connectivity index (χ3v) is 3.10. The van der Waals surface area contributed by atoms with Crippen molar-refractivity contribution in [2.75, 3.05) is 26.3 Å². The number of benzene rings is 1. The number of nitro benzene ring substituents is 1. The summed E-state index contributed by atoms with van der Waals surface area (Å²) in [4.78, 5) is 35.1. The van der Waals surface area contributed by atoms with Gasteiger partial charge in [-0.3, -0.25) is 14.9 Å². The Kier molecular flexibility index (Phi) is 8.62. The van der Waals surface area contributed by atoms with Crippen LogP contribution in [0.1, 0.15) is 12.8 Å². The van der Waals surface area contributed by atoms with Crippen molar-refractivity contribution in [2.45, 2.75) is 12.8 Å². The number of hydrogen-bond donors (Lipinski definition) is 0. The summed E-state index contributed by atoms with van der Waals surface area (Å²) < 4.78 is 9.83. The van der Waals surface area contributed by atoms with Gasteiger partial charge in [-0.25, -0.2) is 4.79 Å². The minimum Gasteiger partial charge on any atom is -0.475 e. The maximum absolute atomic E-state index is 12.0. The first-order valence-electron chi connectivity index (χ1n) is 7.53. The molecule has 0 fully saturated rings. The molecule has 0 N–H and O–H groups in total. The Bertz CT molecular complexity index is 719. The molecule has 26 heavy (non-hydrogen) atoms. The minimum absolute atomic E-state index is 0.0892. The smallest absolute Gasteiger partial charge is 0.344 e. The van der Waals surface area contributed by atoms with Gasteiger partial charge in [-0.15, -0.1) is 0 Å². The quantitative estimate of drug-likeness (QED) is 0.343. The molecule has 0 saturated carbocycles. The molecular weight excluding hydrogens is 344 g/mol. The number of ether oxygens (including phenoxy) is 2. The number of rotatable bonds is 10. The zero-order valence-corrected chi connectivity index (χ0v) is 13.8. The fourth-order valence-electron chi connectivity index (χ4n) is 1.87. The summed E-state index contributed by atoms with van der Waals surface area (Å²) in [5.74, 6) is -1.52. The first-order chi connectivity index (χ1) is 12.5. The molecule has 0 atom stereocenters. The number of esters is 1. The molecule has 0 aliphatic rings. The molecule has 0 saturated heterocycles. The van der Waals surface area contributed by atoms with Gasteiger partial charge in [0.2, 0.25) is 0 Å². The van der Waals surface area contributed by atoms with Crippen molar-refractivity contribution in [3.8, 4) is 17.9 Å². The van der Waals surface area contributed by atoms with Gasteiger partial charge in [-0.1, -0.05) is 12.1 Å². The molecule has 1 rings (SSSR count). The summed E-state index contributed by atoms with van der Waals surface area (Å²) in [6, 6.07) is 9.31. The maximum atomic E-state index is 12.0. The molecule has 0 unspecified atom stereocenters. The van der Waals surface area contributed by atoms with Gasteiger partial charge >= 0.3 is 11.7 Å². The molecule has 0 aliphatic carbocycles. The van der Waals surface area contributed by atoms with Crippen LogP contribution < -0.4 is 4.74 Å². The summed E-state index contributed by atoms with van der Waals surface area (Å²) in [5, 5.41) is 28.0. The number of carbonyl (C=O) groups is 2. The number of carbonyl (C=O) groups excluding carboxylic acids is 2. The first-order valence-corrected chi connectivity index (χ1v) is 7.53. The van der Waals surface area contributed by atoms with Crippen LogP contribution in [-0.4, -0.2) is 48.0 Å². The number of hydrogen-bond acceptors (Lipinski definition) is 8. The van der Waals surface area contributed by atoms with Gasteiger partial charge in [0.25, 0.3) is 5.91 Å². The van der Waals surface area contributed by atoms with Crippen molar-refractivity contribution in [1.82, 2.24) is 4.90 Å². The van der Waals surface area contributed by atoms with Crippen LogP contribution in [0.5, 0.6) is 5.75 Å². The lowest BCUT2D eigenvalue weighted by atomic mass is 10.3. The zero-order chi connectivity index (χ0) is 19.4. The van der Waals surface area contributed by atoms with E-state index in [1.54, 1.807) is 0 Å². The van der Waals surface area contributed by atoms with Crippen LogP contribution in [0, 0.1) is 32.8 Å². The Hall–Kier alpha value is -3.66. The Labute approximate surface area is 149 Å². The monoisotopic (exact) mass is 360 g/mol. The maximum Gasteiger partial charge on any atom is 0.344 e. The number of nitrogens with zero attached hydrogens (tertiary/aromatic N) is 4. The van der Waals surface area contributed by atoms with Gasteiger partial charge in [-0.2, -0.15) is 10.5 Å². The molecule has 1 aromatic rings. The zero-order valence-electron chi connectivity index (χ0n) is 13.8. The Morgan fingerprint density at radius 1 is 1.12 bits per heavy atom. The fourth-order valence-corrected chi connectivity index (χ4v) is 1.87. The molecule has 10 heteroatoms. The summed E-state index contributed by atoms with van der Waals surface area (Å²) in [7, 11) is 0. The van der Waals surface area contributed by atoms with Gasteiger partial charge in [0.05, 0.1) is 29.9 Å². The number of nitriles is 2. The van der Waals surface area contributed by atoms with Crippen LogP contribution in [0.25, 0.3) is 0 Å². The lowest BCUT2D eigenvalue weighted by Crippen LogP contribution is -2.36. The van der Waals surface area contributed by atoms with E-state index in [2.05, 4.69) is 0 Å². The van der Waals surface area contributed by atoms with Gasteiger partial charge in [0.15, 0.2) is 19.0 Å². The lowest BCUT2D eigenvalue weighted by Gasteiger charge is -2.20. The van der Waals surface area contributed by atoms with E-state index in [1.807, 2.05) is 12.1 Å². The number of amides is 1. The highest BCUT2D eigenvalue weighted by Crippen LogP contribution is 2.25. The van der Waals surface area contributed by atoms with Crippen LogP contribution in [0.15, 0.2) is 24.3 Å². The van der Waals surface area contributed by atoms with E-state index >= 15 is 0 Å². The van der Waals surface area contributed by atoms with E-state index in [1.165, 1.54) is 29.2 Å². The third kappa shape index (κ3) is 6.84. The van der Waals surface area contributed by atoms with E-state index in [4.69, 9.17) is 20.0 Å². The van der Waals surface area contributed by atoms with E-state index in [0.717, 1.165) is 0 Å². The topological polar surface area (TPSA) is 147 Å². The molecule has 1 aromatic carbocycles. The van der Waals surface area contributed by atoms with Crippen molar-refractivity contribution < 1.29 is 24.0 Å². The van der Waals surface area contributed by atoms with Gasteiger partial charge in [0.1, 0.15) is 0 Å². The second kappa shape index (κ2) is 11.0. The van der Waals surface area contributed by atoms with Crippen molar-refractivity contribution in [2.24, 2.45) is 0 Å². The molecule has 0 aliphatic heterocycles. The average Bonchev–Trinajstić information content (AvgIpc) is 2.64. The predicted molar refractivity (Wildman–Crippen MR) is 86.6 cm³/mol. The van der Waals surface area contributed by atoms with Crippen LogP contribution in [0.3, 0.4) is 0 Å². The molecule has 0 aromatic heterocycles. The normalized spacial score (nSPS) is 9.46. The van der Waals surface area contributed by atoms with Crippen LogP contribution in [0.4, 0.5) is 5.69 Å². The summed E-state index contributed by atoms with van der Waals surface area (Å²) >= 11 is 0. The van der Waals surface area contributed by atoms with Gasteiger partial charge < -0.3 is 14.4 Å². The van der Waals surface area contributed by atoms with Gasteiger partial charge in [-0.05, 0) is 6.07 Å². The molecule has 0 spiro atoms. The average molecular weight is 360 g/mol. The standard InChI is InChI=1S/C16H16N4O6/c17-7-3-9-19(10-4-8-18)15(21)11-26-16(22)12-25-14-6-2-1-5-13(14)20(23)24/h1-2,5-6H,3-4,9-12H2. The minimum atomic E-state index is -0.878. The highest BCUT2D eigenvalue weighted by molar-refractivity contribution is 5.81. The van der Waals surface area contributed by atoms with Crippen molar-refractivity contribution in [3.05, 3.63) is 34.4 Å². The largest absolute Gasteiger partial charge is 0.475 e. The van der Waals surface area contributed by atoms with Crippen LogP contribution in [0.2, 0.25) is 0 Å². The van der Waals surface area contributed by atoms with E-state index in [9.17, 15) is 19.7 Å². The molecule has 0 heterocycles. The SMILES string of the molecule is N#CCCN(CCC#N)C(=O)COC(=O)COc1ccccc1[N+](=O)[O-]. The van der Waals surface area contributed by atoms with E-state index in [0.29, 0.717) is 0 Å². The lowest BCUT2D eigenvalue weighted by molar-refractivity contribution is -0.385. The predicted octanol–water partition coefficient (Wildman–Crippen LogP) is 1.17. The Balaban J connectivity index is 2.50. The van der Waals surface area contributed by atoms with E-state index in [-0.39, 0.29) is 37.4 Å². The molecule has 1 amide bonds. The summed E-state index contributed by atoms with van der Waals surface area (Å²) in [5.41, 5.74) is -0.296. The second-order valence-corrected chi connectivity index (χ2v) is 4.87. The molecule has 10 nitrogen and oxygen atoms in total. The Morgan fingerprint density at radius 3 is 2.31 bits per heavy atom. The van der Waals surface area contributed by atoms with Crippen LogP contribution >= 0.6 is 0 Å². The first kappa shape index (κ1) is 20.4. The number of nitro groups is 1. The van der Waals surface area contributed by atoms with Gasteiger partial charge in [0, 0.05) is 19.2 Å². The molecule has 136 valence electrons. The van der Waals surface area contributed by atoms with E-state index < -0.39 is 30.0 Å². The second-order valence-electron chi connectivity index (χ2n) is 4.87. The highest BCUT2D eigenvalue weighted by atomic mass is 16.6. The van der Waals surface area contributed by atoms with Crippen molar-refractivity contribution in [3.63, 3.8) is 0 Å². The molecular formula is C16H16N4O6. The summed E-state index contributed by atoms with van der Waals surface area (Å²) in [6.45, 7) is -0.924. The molecule has 0 radical (unpaired) electrons. The van der Waals surface area contributed by atoms with Crippen molar-refractivity contribution >= 4 is 17.6 Å². The summed E-state index contributed by atoms with van der Waals surface area (Å²) in [6.07, 6.45) is 0.178. The number of para-hydroxylation sites is 2. The Morgan fingerprint density at radius 2 is 1.73 bits per heavy atom. The highest BCUT2D eigenvalue weighted by Gasteiger charge is 2.18.